The second kappa shape index (κ2) is 8.35. The molecule has 0 saturated heterocycles. The lowest BCUT2D eigenvalue weighted by molar-refractivity contribution is 0.0947. The van der Waals surface area contributed by atoms with Crippen LogP contribution < -0.4 is 5.32 Å². The highest BCUT2D eigenvalue weighted by atomic mass is 32.2. The van der Waals surface area contributed by atoms with Gasteiger partial charge in [-0.15, -0.1) is 0 Å². The van der Waals surface area contributed by atoms with Crippen molar-refractivity contribution in [2.75, 3.05) is 0 Å². The van der Waals surface area contributed by atoms with Gasteiger partial charge in [-0.1, -0.05) is 23.9 Å². The minimum absolute atomic E-state index is 0.215. The highest BCUT2D eigenvalue weighted by Gasteiger charge is 2.25. The average Bonchev–Trinajstić information content (AvgIpc) is 3.51. The van der Waals surface area contributed by atoms with E-state index in [0.29, 0.717) is 10.5 Å². The van der Waals surface area contributed by atoms with E-state index in [1.54, 1.807) is 18.3 Å². The molecular formula is C24H19FN4OS. The first-order chi connectivity index (χ1) is 15.2. The number of halogens is 1. The van der Waals surface area contributed by atoms with Crippen molar-refractivity contribution in [1.82, 2.24) is 20.5 Å². The van der Waals surface area contributed by atoms with E-state index in [0.717, 1.165) is 40.0 Å². The topological polar surface area (TPSA) is 70.7 Å². The van der Waals surface area contributed by atoms with Crippen LogP contribution >= 0.6 is 11.8 Å². The van der Waals surface area contributed by atoms with E-state index in [9.17, 15) is 9.18 Å². The normalized spacial score (nSPS) is 13.7. The van der Waals surface area contributed by atoms with E-state index in [1.807, 2.05) is 48.6 Å². The Morgan fingerprint density at radius 2 is 2.03 bits per heavy atom. The third-order valence-electron chi connectivity index (χ3n) is 5.01. The third-order valence-corrected chi connectivity index (χ3v) is 6.12. The first-order valence-corrected chi connectivity index (χ1v) is 10.8. The molecule has 0 radical (unpaired) electrons. The summed E-state index contributed by atoms with van der Waals surface area (Å²) in [5.41, 5.74) is 2.85. The van der Waals surface area contributed by atoms with Gasteiger partial charge in [0.05, 0.1) is 27.4 Å². The van der Waals surface area contributed by atoms with Crippen LogP contribution in [0, 0.1) is 5.82 Å². The molecule has 31 heavy (non-hydrogen) atoms. The lowest BCUT2D eigenvalue weighted by Crippen LogP contribution is -2.26. The first kappa shape index (κ1) is 19.5. The van der Waals surface area contributed by atoms with Crippen LogP contribution in [0.1, 0.15) is 34.6 Å². The molecule has 0 aliphatic heterocycles. The summed E-state index contributed by atoms with van der Waals surface area (Å²) < 4.78 is 14.6. The fraction of sp³-hybridized carbons (Fsp3) is 0.125. The van der Waals surface area contributed by atoms with E-state index in [1.165, 1.54) is 17.8 Å². The van der Waals surface area contributed by atoms with Crippen molar-refractivity contribution in [3.8, 4) is 0 Å². The summed E-state index contributed by atoms with van der Waals surface area (Å²) in [6, 6.07) is 16.3. The molecule has 0 unspecified atom stereocenters. The Labute approximate surface area is 182 Å². The van der Waals surface area contributed by atoms with Gasteiger partial charge in [-0.05, 0) is 67.5 Å². The van der Waals surface area contributed by atoms with Gasteiger partial charge in [0, 0.05) is 22.5 Å². The Bertz CT molecular complexity index is 1280. The summed E-state index contributed by atoms with van der Waals surface area (Å²) in [5, 5.41) is 11.3. The van der Waals surface area contributed by atoms with Gasteiger partial charge in [-0.2, -0.15) is 5.10 Å². The summed E-state index contributed by atoms with van der Waals surface area (Å²) in [6.07, 6.45) is 7.52. The lowest BCUT2D eigenvalue weighted by Gasteiger charge is -2.10. The number of fused-ring (bicyclic) bond motifs is 1. The van der Waals surface area contributed by atoms with E-state index in [-0.39, 0.29) is 11.9 Å². The third kappa shape index (κ3) is 4.36. The standard InChI is InChI=1S/C24H19FN4OS/c25-20-6-3-5-19(24(30)27-16-7-8-16)23(20)31-17-10-11-18-21(28-29-22(18)14-17)12-9-15-4-1-2-13-26-15/h1-6,9-14,16H,7-8H2,(H,27,30)(H,28,29)/b12-9+. The summed E-state index contributed by atoms with van der Waals surface area (Å²) in [7, 11) is 0. The number of carbonyl (C=O) groups excluding carboxylic acids is 1. The minimum Gasteiger partial charge on any atom is -0.349 e. The van der Waals surface area contributed by atoms with Crippen LogP contribution in [0.4, 0.5) is 4.39 Å². The van der Waals surface area contributed by atoms with Crippen molar-refractivity contribution in [3.63, 3.8) is 0 Å². The number of rotatable bonds is 6. The van der Waals surface area contributed by atoms with Crippen molar-refractivity contribution in [2.45, 2.75) is 28.7 Å². The quantitative estimate of drug-likeness (QED) is 0.435. The maximum atomic E-state index is 14.6. The van der Waals surface area contributed by atoms with Crippen LogP contribution in [0.3, 0.4) is 0 Å². The highest BCUT2D eigenvalue weighted by molar-refractivity contribution is 7.99. The molecule has 154 valence electrons. The summed E-state index contributed by atoms with van der Waals surface area (Å²) in [5.74, 6) is -0.633. The Kier molecular flexibility index (Phi) is 5.26. The Balaban J connectivity index is 1.41. The molecule has 1 fully saturated rings. The SMILES string of the molecule is O=C(NC1CC1)c1cccc(F)c1Sc1ccc2c(/C=C/c3ccccn3)n[nH]c2c1. The van der Waals surface area contributed by atoms with Gasteiger partial charge in [0.2, 0.25) is 0 Å². The predicted octanol–water partition coefficient (Wildman–Crippen LogP) is 5.31. The zero-order valence-electron chi connectivity index (χ0n) is 16.5. The van der Waals surface area contributed by atoms with Gasteiger partial charge < -0.3 is 5.32 Å². The van der Waals surface area contributed by atoms with Crippen molar-refractivity contribution in [1.29, 1.82) is 0 Å². The molecular weight excluding hydrogens is 411 g/mol. The molecule has 2 N–H and O–H groups in total. The van der Waals surface area contributed by atoms with Crippen molar-refractivity contribution in [2.24, 2.45) is 0 Å². The first-order valence-electron chi connectivity index (χ1n) is 10.0. The molecule has 0 bridgehead atoms. The summed E-state index contributed by atoms with van der Waals surface area (Å²) >= 11 is 1.24. The van der Waals surface area contributed by atoms with Gasteiger partial charge in [0.1, 0.15) is 5.82 Å². The second-order valence-corrected chi connectivity index (χ2v) is 8.45. The number of nitrogens with zero attached hydrogens (tertiary/aromatic N) is 2. The maximum Gasteiger partial charge on any atom is 0.252 e. The number of aromatic amines is 1. The van der Waals surface area contributed by atoms with Crippen LogP contribution in [-0.4, -0.2) is 27.1 Å². The minimum atomic E-state index is -0.405. The Morgan fingerprint density at radius 1 is 1.13 bits per heavy atom. The number of aromatic nitrogens is 3. The number of amides is 1. The number of nitrogens with one attached hydrogen (secondary N) is 2. The fourth-order valence-corrected chi connectivity index (χ4v) is 4.23. The largest absolute Gasteiger partial charge is 0.349 e. The molecule has 5 rings (SSSR count). The maximum absolute atomic E-state index is 14.6. The second-order valence-electron chi connectivity index (χ2n) is 7.37. The van der Waals surface area contributed by atoms with Crippen LogP contribution in [0.5, 0.6) is 0 Å². The molecule has 5 nitrogen and oxygen atoms in total. The van der Waals surface area contributed by atoms with Gasteiger partial charge in [0.15, 0.2) is 0 Å². The number of hydrogen-bond donors (Lipinski definition) is 2. The van der Waals surface area contributed by atoms with Gasteiger partial charge in [0.25, 0.3) is 5.91 Å². The molecule has 2 heterocycles. The molecule has 0 atom stereocenters. The smallest absolute Gasteiger partial charge is 0.252 e. The number of benzene rings is 2. The number of H-pyrrole nitrogens is 1. The van der Waals surface area contributed by atoms with Crippen LogP contribution in [0.2, 0.25) is 0 Å². The van der Waals surface area contributed by atoms with Gasteiger partial charge >= 0.3 is 0 Å². The van der Waals surface area contributed by atoms with E-state index in [2.05, 4.69) is 20.5 Å². The lowest BCUT2D eigenvalue weighted by atomic mass is 10.2. The highest BCUT2D eigenvalue weighted by Crippen LogP contribution is 2.35. The van der Waals surface area contributed by atoms with Crippen molar-refractivity contribution >= 4 is 40.7 Å². The molecule has 0 spiro atoms. The van der Waals surface area contributed by atoms with E-state index in [4.69, 9.17) is 0 Å². The Hall–Kier alpha value is -3.45. The molecule has 2 aromatic heterocycles. The Morgan fingerprint density at radius 3 is 2.84 bits per heavy atom. The van der Waals surface area contributed by atoms with Crippen LogP contribution in [0.15, 0.2) is 70.6 Å². The molecule has 7 heteroatoms. The van der Waals surface area contributed by atoms with E-state index < -0.39 is 5.82 Å². The van der Waals surface area contributed by atoms with Crippen molar-refractivity contribution < 1.29 is 9.18 Å². The van der Waals surface area contributed by atoms with Crippen molar-refractivity contribution in [3.05, 3.63) is 83.6 Å². The molecule has 4 aromatic rings. The number of carbonyl (C=O) groups is 1. The number of pyridine rings is 1. The predicted molar refractivity (Wildman–Crippen MR) is 120 cm³/mol. The zero-order valence-corrected chi connectivity index (χ0v) is 17.3. The van der Waals surface area contributed by atoms with Crippen LogP contribution in [0.25, 0.3) is 23.1 Å². The molecule has 1 aliphatic carbocycles. The monoisotopic (exact) mass is 430 g/mol. The fourth-order valence-electron chi connectivity index (χ4n) is 3.25. The van der Waals surface area contributed by atoms with Gasteiger partial charge in [-0.25, -0.2) is 4.39 Å². The zero-order chi connectivity index (χ0) is 21.2. The average molecular weight is 431 g/mol. The molecule has 2 aromatic carbocycles. The summed E-state index contributed by atoms with van der Waals surface area (Å²) in [4.78, 5) is 18.0. The molecule has 1 aliphatic rings. The van der Waals surface area contributed by atoms with Crippen LogP contribution in [-0.2, 0) is 0 Å². The number of hydrogen-bond acceptors (Lipinski definition) is 4. The molecule has 1 saturated carbocycles. The van der Waals surface area contributed by atoms with Gasteiger partial charge in [-0.3, -0.25) is 14.9 Å². The molecule has 1 amide bonds. The summed E-state index contributed by atoms with van der Waals surface area (Å²) in [6.45, 7) is 0. The van der Waals surface area contributed by atoms with E-state index >= 15 is 0 Å².